The molecule has 0 saturated carbocycles. The minimum Gasteiger partial charge on any atom is -0.508 e. The number of aromatic hydroxyl groups is 1. The molecule has 33 heavy (non-hydrogen) atoms. The standard InChI is InChI=1S/C26H39N2O4P/c1-8-27-33(28-15-26(30)31-9-2)16-32-25-12-18(5)23(19(6)20(25)7)14-21-10-11-24(29)22(13-21)17(3)4/h10-13,17,27-29H,8-9,14-16H2,1-7H3. The van der Waals surface area contributed by atoms with Crippen molar-refractivity contribution in [1.82, 2.24) is 10.2 Å². The van der Waals surface area contributed by atoms with Gasteiger partial charge in [0, 0.05) is 0 Å². The average molecular weight is 475 g/mol. The first-order chi connectivity index (χ1) is 15.7. The maximum atomic E-state index is 11.7. The molecule has 0 bridgehead atoms. The van der Waals surface area contributed by atoms with Crippen molar-refractivity contribution in [2.45, 2.75) is 60.8 Å². The highest BCUT2D eigenvalue weighted by Gasteiger charge is 2.16. The van der Waals surface area contributed by atoms with Crippen LogP contribution in [0.25, 0.3) is 0 Å². The third-order valence-electron chi connectivity index (χ3n) is 5.72. The zero-order valence-electron chi connectivity index (χ0n) is 21.0. The number of ether oxygens (including phenoxy) is 2. The number of hydrogen-bond donors (Lipinski definition) is 3. The molecular formula is C26H39N2O4P. The molecule has 6 nitrogen and oxygen atoms in total. The molecule has 0 aliphatic heterocycles. The van der Waals surface area contributed by atoms with Gasteiger partial charge in [-0.3, -0.25) is 15.0 Å². The fraction of sp³-hybridized carbons (Fsp3) is 0.500. The number of carbonyl (C=O) groups is 1. The predicted molar refractivity (Wildman–Crippen MR) is 136 cm³/mol. The lowest BCUT2D eigenvalue weighted by atomic mass is 9.91. The molecule has 0 aromatic heterocycles. The topological polar surface area (TPSA) is 79.8 Å². The van der Waals surface area contributed by atoms with Crippen molar-refractivity contribution in [2.24, 2.45) is 0 Å². The normalized spacial score (nSPS) is 12.1. The number of aryl methyl sites for hydroxylation is 1. The van der Waals surface area contributed by atoms with E-state index >= 15 is 0 Å². The van der Waals surface area contributed by atoms with E-state index in [4.69, 9.17) is 9.47 Å². The van der Waals surface area contributed by atoms with E-state index in [2.05, 4.69) is 56.9 Å². The van der Waals surface area contributed by atoms with Gasteiger partial charge in [0.05, 0.1) is 21.4 Å². The Morgan fingerprint density at radius 3 is 2.45 bits per heavy atom. The SMILES string of the molecule is CCNP(COc1cc(C)c(Cc2ccc(O)c(C(C)C)c2)c(C)c1C)NCC(=O)OCC. The zero-order valence-corrected chi connectivity index (χ0v) is 21.9. The lowest BCUT2D eigenvalue weighted by molar-refractivity contribution is -0.141. The predicted octanol–water partition coefficient (Wildman–Crippen LogP) is 5.44. The fourth-order valence-electron chi connectivity index (χ4n) is 3.75. The van der Waals surface area contributed by atoms with Gasteiger partial charge in [0.1, 0.15) is 17.8 Å². The number of hydrogen-bond acceptors (Lipinski definition) is 6. The van der Waals surface area contributed by atoms with Crippen LogP contribution in [0.5, 0.6) is 11.5 Å². The van der Waals surface area contributed by atoms with Crippen LogP contribution in [0.1, 0.15) is 67.0 Å². The molecule has 7 heteroatoms. The Kier molecular flexibility index (Phi) is 10.6. The van der Waals surface area contributed by atoms with Gasteiger partial charge in [0.25, 0.3) is 0 Å². The van der Waals surface area contributed by atoms with E-state index in [0.29, 0.717) is 18.7 Å². The molecule has 0 aliphatic carbocycles. The molecule has 2 aromatic carbocycles. The van der Waals surface area contributed by atoms with E-state index in [1.54, 1.807) is 13.0 Å². The summed E-state index contributed by atoms with van der Waals surface area (Å²) in [6.45, 7) is 15.7. The first-order valence-corrected chi connectivity index (χ1v) is 13.1. The number of benzene rings is 2. The van der Waals surface area contributed by atoms with Gasteiger partial charge in [-0.15, -0.1) is 0 Å². The van der Waals surface area contributed by atoms with Gasteiger partial charge in [0.15, 0.2) is 0 Å². The highest BCUT2D eigenvalue weighted by molar-refractivity contribution is 7.53. The Morgan fingerprint density at radius 1 is 1.09 bits per heavy atom. The summed E-state index contributed by atoms with van der Waals surface area (Å²) in [6.07, 6.45) is 1.27. The van der Waals surface area contributed by atoms with E-state index in [9.17, 15) is 9.90 Å². The Balaban J connectivity index is 2.15. The summed E-state index contributed by atoms with van der Waals surface area (Å²) in [5.74, 6) is 1.24. The largest absolute Gasteiger partial charge is 0.508 e. The van der Waals surface area contributed by atoms with E-state index in [1.807, 2.05) is 13.0 Å². The van der Waals surface area contributed by atoms with Crippen molar-refractivity contribution in [2.75, 3.05) is 26.0 Å². The van der Waals surface area contributed by atoms with Crippen LogP contribution in [-0.2, 0) is 16.0 Å². The number of phenols is 1. The molecule has 0 heterocycles. The maximum Gasteiger partial charge on any atom is 0.320 e. The van der Waals surface area contributed by atoms with Crippen LogP contribution in [0, 0.1) is 20.8 Å². The van der Waals surface area contributed by atoms with E-state index < -0.39 is 8.22 Å². The van der Waals surface area contributed by atoms with E-state index in [-0.39, 0.29) is 18.4 Å². The van der Waals surface area contributed by atoms with Crippen molar-refractivity contribution >= 4 is 14.2 Å². The van der Waals surface area contributed by atoms with Gasteiger partial charge in [-0.25, -0.2) is 0 Å². The van der Waals surface area contributed by atoms with Crippen LogP contribution >= 0.6 is 8.22 Å². The van der Waals surface area contributed by atoms with Crippen molar-refractivity contribution < 1.29 is 19.4 Å². The monoisotopic (exact) mass is 474 g/mol. The molecule has 2 rings (SSSR count). The lowest BCUT2D eigenvalue weighted by Gasteiger charge is -2.22. The Labute approximate surface area is 199 Å². The summed E-state index contributed by atoms with van der Waals surface area (Å²) < 4.78 is 11.2. The first kappa shape index (κ1) is 27.1. The Hall–Kier alpha value is -2.14. The van der Waals surface area contributed by atoms with Crippen LogP contribution in [0.2, 0.25) is 0 Å². The van der Waals surface area contributed by atoms with Gasteiger partial charge in [-0.05, 0) is 92.1 Å². The van der Waals surface area contributed by atoms with Crippen LogP contribution < -0.4 is 14.9 Å². The molecule has 0 aliphatic rings. The molecule has 0 amide bonds. The lowest BCUT2D eigenvalue weighted by Crippen LogP contribution is -2.28. The number of rotatable bonds is 12. The van der Waals surface area contributed by atoms with Crippen molar-refractivity contribution in [3.8, 4) is 11.5 Å². The zero-order chi connectivity index (χ0) is 24.5. The molecule has 2 aromatic rings. The van der Waals surface area contributed by atoms with Crippen LogP contribution in [0.4, 0.5) is 0 Å². The smallest absolute Gasteiger partial charge is 0.320 e. The van der Waals surface area contributed by atoms with Crippen molar-refractivity contribution in [3.05, 3.63) is 57.6 Å². The van der Waals surface area contributed by atoms with Crippen LogP contribution in [0.3, 0.4) is 0 Å². The van der Waals surface area contributed by atoms with Gasteiger partial charge in [-0.2, -0.15) is 0 Å². The van der Waals surface area contributed by atoms with Gasteiger partial charge < -0.3 is 14.6 Å². The summed E-state index contributed by atoms with van der Waals surface area (Å²) in [5, 5.41) is 16.7. The average Bonchev–Trinajstić information content (AvgIpc) is 2.77. The number of carbonyl (C=O) groups excluding carboxylic acids is 1. The molecular weight excluding hydrogens is 435 g/mol. The second-order valence-electron chi connectivity index (χ2n) is 8.50. The highest BCUT2D eigenvalue weighted by Crippen LogP contribution is 2.33. The van der Waals surface area contributed by atoms with Gasteiger partial charge in [0.2, 0.25) is 0 Å². The second kappa shape index (κ2) is 12.9. The summed E-state index contributed by atoms with van der Waals surface area (Å²) in [4.78, 5) is 11.7. The molecule has 0 saturated heterocycles. The third kappa shape index (κ3) is 7.70. The van der Waals surface area contributed by atoms with Crippen LogP contribution in [-0.4, -0.2) is 37.1 Å². The van der Waals surface area contributed by atoms with E-state index in [1.165, 1.54) is 22.3 Å². The third-order valence-corrected chi connectivity index (χ3v) is 7.35. The molecule has 0 fully saturated rings. The molecule has 182 valence electrons. The number of esters is 1. The molecule has 0 spiro atoms. The second-order valence-corrected chi connectivity index (χ2v) is 10.2. The van der Waals surface area contributed by atoms with Gasteiger partial charge >= 0.3 is 5.97 Å². The van der Waals surface area contributed by atoms with Crippen molar-refractivity contribution in [3.63, 3.8) is 0 Å². The highest BCUT2D eigenvalue weighted by atomic mass is 31.1. The van der Waals surface area contributed by atoms with Crippen LogP contribution in [0.15, 0.2) is 24.3 Å². The van der Waals surface area contributed by atoms with Gasteiger partial charge in [-0.1, -0.05) is 32.9 Å². The summed E-state index contributed by atoms with van der Waals surface area (Å²) in [7, 11) is -0.867. The summed E-state index contributed by atoms with van der Waals surface area (Å²) in [6, 6.07) is 8.01. The number of nitrogens with one attached hydrogen (secondary N) is 2. The first-order valence-electron chi connectivity index (χ1n) is 11.6. The minimum atomic E-state index is -0.867. The fourth-order valence-corrected chi connectivity index (χ4v) is 5.01. The van der Waals surface area contributed by atoms with Crippen molar-refractivity contribution in [1.29, 1.82) is 0 Å². The quantitative estimate of drug-likeness (QED) is 0.281. The van der Waals surface area contributed by atoms with E-state index in [0.717, 1.165) is 29.8 Å². The summed E-state index contributed by atoms with van der Waals surface area (Å²) >= 11 is 0. The summed E-state index contributed by atoms with van der Waals surface area (Å²) in [5.41, 5.74) is 6.97. The Morgan fingerprint density at radius 2 is 1.82 bits per heavy atom. The minimum absolute atomic E-state index is 0.164. The molecule has 0 radical (unpaired) electrons. The maximum absolute atomic E-state index is 11.7. The molecule has 3 N–H and O–H groups in total. The number of phenolic OH excluding ortho intramolecular Hbond substituents is 1. The Bertz CT molecular complexity index is 946. The molecule has 1 atom stereocenters. The molecule has 1 unspecified atom stereocenters.